The number of halogens is 2. The first-order chi connectivity index (χ1) is 9.49. The molecule has 0 fully saturated rings. The van der Waals surface area contributed by atoms with E-state index in [0.29, 0.717) is 11.1 Å². The van der Waals surface area contributed by atoms with E-state index in [1.807, 2.05) is 44.2 Å². The second kappa shape index (κ2) is 6.14. The van der Waals surface area contributed by atoms with Crippen LogP contribution in [0, 0.1) is 18.6 Å². The molecule has 0 saturated carbocycles. The molecule has 2 atom stereocenters. The molecule has 1 N–H and O–H groups in total. The summed E-state index contributed by atoms with van der Waals surface area (Å²) >= 11 is 0. The molecule has 3 heteroatoms. The molecular formula is C17H19F2N. The third kappa shape index (κ3) is 3.23. The predicted molar refractivity (Wildman–Crippen MR) is 77.5 cm³/mol. The van der Waals surface area contributed by atoms with Crippen LogP contribution in [-0.2, 0) is 0 Å². The van der Waals surface area contributed by atoms with Gasteiger partial charge in [0.2, 0.25) is 0 Å². The maximum Gasteiger partial charge on any atom is 0.128 e. The van der Waals surface area contributed by atoms with Gasteiger partial charge in [-0.15, -0.1) is 0 Å². The Balaban J connectivity index is 2.16. The van der Waals surface area contributed by atoms with Gasteiger partial charge >= 0.3 is 0 Å². The monoisotopic (exact) mass is 275 g/mol. The molecule has 0 amide bonds. The molecule has 0 radical (unpaired) electrons. The van der Waals surface area contributed by atoms with Gasteiger partial charge in [-0.1, -0.05) is 30.3 Å². The second-order valence-electron chi connectivity index (χ2n) is 5.14. The lowest BCUT2D eigenvalue weighted by molar-refractivity contribution is 0.469. The molecule has 0 aliphatic rings. The molecule has 2 unspecified atom stereocenters. The van der Waals surface area contributed by atoms with E-state index >= 15 is 0 Å². The molecule has 20 heavy (non-hydrogen) atoms. The van der Waals surface area contributed by atoms with Gasteiger partial charge in [-0.05, 0) is 44.0 Å². The van der Waals surface area contributed by atoms with Crippen LogP contribution in [0.1, 0.15) is 42.6 Å². The van der Waals surface area contributed by atoms with Crippen molar-refractivity contribution in [2.24, 2.45) is 0 Å². The number of rotatable bonds is 4. The van der Waals surface area contributed by atoms with Crippen molar-refractivity contribution in [3.05, 3.63) is 70.8 Å². The molecule has 2 aromatic carbocycles. The van der Waals surface area contributed by atoms with Crippen LogP contribution in [0.4, 0.5) is 8.78 Å². The number of hydrogen-bond acceptors (Lipinski definition) is 1. The highest BCUT2D eigenvalue weighted by Gasteiger charge is 2.16. The summed E-state index contributed by atoms with van der Waals surface area (Å²) in [5.41, 5.74) is 1.80. The van der Waals surface area contributed by atoms with Crippen molar-refractivity contribution in [2.75, 3.05) is 0 Å². The van der Waals surface area contributed by atoms with Gasteiger partial charge in [-0.25, -0.2) is 8.78 Å². The highest BCUT2D eigenvalue weighted by Crippen LogP contribution is 2.23. The molecule has 0 heterocycles. The Bertz CT molecular complexity index is 581. The van der Waals surface area contributed by atoms with Crippen molar-refractivity contribution < 1.29 is 8.78 Å². The Morgan fingerprint density at radius 2 is 1.55 bits per heavy atom. The summed E-state index contributed by atoms with van der Waals surface area (Å²) < 4.78 is 27.5. The Kier molecular flexibility index (Phi) is 4.50. The third-order valence-corrected chi connectivity index (χ3v) is 3.54. The summed E-state index contributed by atoms with van der Waals surface area (Å²) in [6.45, 7) is 5.41. The SMILES string of the molecule is Cc1cc(F)c(C(C)NC(C)c2ccccc2)cc1F. The van der Waals surface area contributed by atoms with Crippen LogP contribution in [0.15, 0.2) is 42.5 Å². The highest BCUT2D eigenvalue weighted by atomic mass is 19.1. The van der Waals surface area contributed by atoms with Gasteiger partial charge in [0.25, 0.3) is 0 Å². The van der Waals surface area contributed by atoms with E-state index in [4.69, 9.17) is 0 Å². The largest absolute Gasteiger partial charge is 0.304 e. The van der Waals surface area contributed by atoms with Gasteiger partial charge < -0.3 is 5.32 Å². The first-order valence-corrected chi connectivity index (χ1v) is 6.75. The van der Waals surface area contributed by atoms with Crippen LogP contribution in [0.2, 0.25) is 0 Å². The van der Waals surface area contributed by atoms with Crippen molar-refractivity contribution in [1.29, 1.82) is 0 Å². The average Bonchev–Trinajstić information content (AvgIpc) is 2.43. The summed E-state index contributed by atoms with van der Waals surface area (Å²) in [6, 6.07) is 12.2. The van der Waals surface area contributed by atoms with Gasteiger partial charge in [0, 0.05) is 17.6 Å². The standard InChI is InChI=1S/C17H19F2N/c1-11-9-17(19)15(10-16(11)18)13(3)20-12(2)14-7-5-4-6-8-14/h4-10,12-13,20H,1-3H3. The van der Waals surface area contributed by atoms with E-state index in [2.05, 4.69) is 5.32 Å². The van der Waals surface area contributed by atoms with Crippen molar-refractivity contribution in [2.45, 2.75) is 32.9 Å². The summed E-state index contributed by atoms with van der Waals surface area (Å²) in [6.07, 6.45) is 0. The maximum absolute atomic E-state index is 13.9. The predicted octanol–water partition coefficient (Wildman–Crippen LogP) is 4.69. The summed E-state index contributed by atoms with van der Waals surface area (Å²) in [4.78, 5) is 0. The molecule has 0 aliphatic heterocycles. The molecule has 0 spiro atoms. The first-order valence-electron chi connectivity index (χ1n) is 6.75. The molecule has 1 nitrogen and oxygen atoms in total. The van der Waals surface area contributed by atoms with Gasteiger partial charge in [-0.3, -0.25) is 0 Å². The van der Waals surface area contributed by atoms with Gasteiger partial charge in [0.1, 0.15) is 11.6 Å². The molecule has 0 aliphatic carbocycles. The number of aryl methyl sites for hydroxylation is 1. The quantitative estimate of drug-likeness (QED) is 0.854. The Hall–Kier alpha value is -1.74. The number of nitrogens with one attached hydrogen (secondary N) is 1. The molecule has 0 aromatic heterocycles. The lowest BCUT2D eigenvalue weighted by Gasteiger charge is -2.21. The topological polar surface area (TPSA) is 12.0 Å². The smallest absolute Gasteiger partial charge is 0.128 e. The summed E-state index contributed by atoms with van der Waals surface area (Å²) in [5.74, 6) is -0.744. The van der Waals surface area contributed by atoms with Crippen molar-refractivity contribution in [3.63, 3.8) is 0 Å². The highest BCUT2D eigenvalue weighted by molar-refractivity contribution is 5.28. The first kappa shape index (κ1) is 14.7. The van der Waals surface area contributed by atoms with Crippen LogP contribution < -0.4 is 5.32 Å². The minimum atomic E-state index is -0.373. The van der Waals surface area contributed by atoms with Crippen molar-refractivity contribution in [1.82, 2.24) is 5.32 Å². The van der Waals surface area contributed by atoms with Crippen molar-refractivity contribution in [3.8, 4) is 0 Å². The Labute approximate surface area is 118 Å². The van der Waals surface area contributed by atoms with Gasteiger partial charge in [0.05, 0.1) is 0 Å². The minimum absolute atomic E-state index is 0.0648. The lowest BCUT2D eigenvalue weighted by Crippen LogP contribution is -2.23. The zero-order valence-corrected chi connectivity index (χ0v) is 12.0. The zero-order valence-electron chi connectivity index (χ0n) is 12.0. The average molecular weight is 275 g/mol. The van der Waals surface area contributed by atoms with Crippen LogP contribution in [0.3, 0.4) is 0 Å². The normalized spacial score (nSPS) is 14.1. The molecule has 0 saturated heterocycles. The Morgan fingerprint density at radius 1 is 0.900 bits per heavy atom. The lowest BCUT2D eigenvalue weighted by atomic mass is 10.0. The number of benzene rings is 2. The fourth-order valence-corrected chi connectivity index (χ4v) is 2.30. The van der Waals surface area contributed by atoms with Crippen molar-refractivity contribution >= 4 is 0 Å². The maximum atomic E-state index is 13.9. The Morgan fingerprint density at radius 3 is 2.20 bits per heavy atom. The second-order valence-corrected chi connectivity index (χ2v) is 5.14. The van der Waals surface area contributed by atoms with Crippen LogP contribution in [0.5, 0.6) is 0 Å². The van der Waals surface area contributed by atoms with Crippen LogP contribution >= 0.6 is 0 Å². The van der Waals surface area contributed by atoms with Gasteiger partial charge in [-0.2, -0.15) is 0 Å². The van der Waals surface area contributed by atoms with E-state index < -0.39 is 0 Å². The van der Waals surface area contributed by atoms with E-state index in [9.17, 15) is 8.78 Å². The van der Waals surface area contributed by atoms with Crippen LogP contribution in [0.25, 0.3) is 0 Å². The van der Waals surface area contributed by atoms with E-state index in [1.165, 1.54) is 12.1 Å². The summed E-state index contributed by atoms with van der Waals surface area (Å²) in [7, 11) is 0. The molecule has 106 valence electrons. The van der Waals surface area contributed by atoms with E-state index in [-0.39, 0.29) is 23.7 Å². The van der Waals surface area contributed by atoms with Crippen LogP contribution in [-0.4, -0.2) is 0 Å². The number of hydrogen-bond donors (Lipinski definition) is 1. The fourth-order valence-electron chi connectivity index (χ4n) is 2.30. The van der Waals surface area contributed by atoms with E-state index in [1.54, 1.807) is 6.92 Å². The van der Waals surface area contributed by atoms with Gasteiger partial charge in [0.15, 0.2) is 0 Å². The molecule has 2 rings (SSSR count). The molecule has 0 bridgehead atoms. The minimum Gasteiger partial charge on any atom is -0.304 e. The molecule has 2 aromatic rings. The van der Waals surface area contributed by atoms with E-state index in [0.717, 1.165) is 5.56 Å². The molecular weight excluding hydrogens is 256 g/mol. The summed E-state index contributed by atoms with van der Waals surface area (Å²) in [5, 5.41) is 3.29. The fraction of sp³-hybridized carbons (Fsp3) is 0.294. The third-order valence-electron chi connectivity index (χ3n) is 3.54. The zero-order chi connectivity index (χ0) is 14.7.